The molecule has 10 heteroatoms. The maximum absolute atomic E-state index is 13.3. The summed E-state index contributed by atoms with van der Waals surface area (Å²) < 4.78 is 1.43. The van der Waals surface area contributed by atoms with Gasteiger partial charge in [0, 0.05) is 22.3 Å². The van der Waals surface area contributed by atoms with Crippen LogP contribution in [0.3, 0.4) is 0 Å². The first-order chi connectivity index (χ1) is 16.2. The Kier molecular flexibility index (Phi) is 6.67. The molecule has 8 nitrogen and oxygen atoms in total. The Bertz CT molecular complexity index is 1500. The number of halogens is 1. The summed E-state index contributed by atoms with van der Waals surface area (Å²) in [6, 6.07) is 16.7. The lowest BCUT2D eigenvalue weighted by molar-refractivity contribution is -0.385. The highest BCUT2D eigenvalue weighted by Crippen LogP contribution is 2.26. The number of nitrogens with one attached hydrogen (secondary N) is 1. The number of aryl methyl sites for hydroxylation is 2. The third kappa shape index (κ3) is 4.80. The molecule has 0 unspecified atom stereocenters. The molecule has 172 valence electrons. The summed E-state index contributed by atoms with van der Waals surface area (Å²) in [5.41, 5.74) is 2.38. The van der Waals surface area contributed by atoms with E-state index < -0.39 is 4.92 Å². The minimum Gasteiger partial charge on any atom is -0.325 e. The van der Waals surface area contributed by atoms with Crippen molar-refractivity contribution < 1.29 is 9.72 Å². The molecular formula is C24H19ClN4O4S. The number of amides is 1. The smallest absolute Gasteiger partial charge is 0.274 e. The van der Waals surface area contributed by atoms with Gasteiger partial charge >= 0.3 is 0 Å². The predicted molar refractivity (Wildman–Crippen MR) is 134 cm³/mol. The Morgan fingerprint density at radius 1 is 1.12 bits per heavy atom. The van der Waals surface area contributed by atoms with Crippen molar-refractivity contribution >= 4 is 51.5 Å². The molecule has 0 aliphatic heterocycles. The number of benzene rings is 3. The van der Waals surface area contributed by atoms with Crippen LogP contribution in [0, 0.1) is 24.0 Å². The monoisotopic (exact) mass is 494 g/mol. The van der Waals surface area contributed by atoms with Crippen molar-refractivity contribution in [2.45, 2.75) is 19.0 Å². The minimum atomic E-state index is -0.496. The van der Waals surface area contributed by atoms with Gasteiger partial charge in [-0.15, -0.1) is 0 Å². The fourth-order valence-electron chi connectivity index (χ4n) is 3.37. The van der Waals surface area contributed by atoms with Crippen molar-refractivity contribution in [2.24, 2.45) is 0 Å². The number of aromatic nitrogens is 2. The van der Waals surface area contributed by atoms with E-state index in [1.165, 1.54) is 10.6 Å². The second-order valence-electron chi connectivity index (χ2n) is 7.58. The van der Waals surface area contributed by atoms with Crippen LogP contribution >= 0.6 is 23.4 Å². The number of para-hydroxylation sites is 1. The summed E-state index contributed by atoms with van der Waals surface area (Å²) in [6.07, 6.45) is 0. The Balaban J connectivity index is 1.65. The van der Waals surface area contributed by atoms with E-state index in [0.29, 0.717) is 38.0 Å². The van der Waals surface area contributed by atoms with Crippen LogP contribution < -0.4 is 10.9 Å². The van der Waals surface area contributed by atoms with Gasteiger partial charge in [0.25, 0.3) is 11.2 Å². The summed E-state index contributed by atoms with van der Waals surface area (Å²) >= 11 is 7.38. The van der Waals surface area contributed by atoms with Crippen molar-refractivity contribution in [2.75, 3.05) is 11.1 Å². The van der Waals surface area contributed by atoms with Crippen LogP contribution in [0.15, 0.2) is 70.6 Å². The maximum Gasteiger partial charge on any atom is 0.274 e. The third-order valence-electron chi connectivity index (χ3n) is 5.18. The molecule has 1 aromatic heterocycles. The Morgan fingerprint density at radius 3 is 2.59 bits per heavy atom. The molecule has 1 N–H and O–H groups in total. The van der Waals surface area contributed by atoms with Crippen LogP contribution in [0.4, 0.5) is 11.4 Å². The van der Waals surface area contributed by atoms with Crippen LogP contribution in [0.25, 0.3) is 16.6 Å². The van der Waals surface area contributed by atoms with Crippen LogP contribution in [0.2, 0.25) is 5.02 Å². The molecule has 0 bridgehead atoms. The van der Waals surface area contributed by atoms with Gasteiger partial charge in [0.05, 0.1) is 27.3 Å². The summed E-state index contributed by atoms with van der Waals surface area (Å²) in [6.45, 7) is 3.49. The van der Waals surface area contributed by atoms with Gasteiger partial charge in [-0.1, -0.05) is 47.6 Å². The molecule has 1 heterocycles. The van der Waals surface area contributed by atoms with E-state index in [9.17, 15) is 19.7 Å². The molecule has 0 saturated heterocycles. The number of rotatable bonds is 6. The molecule has 4 rings (SSSR count). The second kappa shape index (κ2) is 9.66. The first-order valence-corrected chi connectivity index (χ1v) is 11.6. The van der Waals surface area contributed by atoms with E-state index in [1.54, 1.807) is 55.5 Å². The zero-order valence-corrected chi connectivity index (χ0v) is 19.8. The summed E-state index contributed by atoms with van der Waals surface area (Å²) in [5.74, 6) is -0.453. The van der Waals surface area contributed by atoms with Gasteiger partial charge < -0.3 is 5.32 Å². The largest absolute Gasteiger partial charge is 0.325 e. The van der Waals surface area contributed by atoms with E-state index in [-0.39, 0.29) is 22.9 Å². The van der Waals surface area contributed by atoms with Gasteiger partial charge in [-0.2, -0.15) is 0 Å². The number of anilines is 1. The molecule has 3 aromatic carbocycles. The van der Waals surface area contributed by atoms with Gasteiger partial charge in [0.2, 0.25) is 5.91 Å². The highest BCUT2D eigenvalue weighted by molar-refractivity contribution is 7.99. The normalized spacial score (nSPS) is 10.9. The number of nitro groups is 1. The van der Waals surface area contributed by atoms with E-state index in [4.69, 9.17) is 11.6 Å². The van der Waals surface area contributed by atoms with Crippen molar-refractivity contribution in [1.29, 1.82) is 0 Å². The number of thioether (sulfide) groups is 1. The lowest BCUT2D eigenvalue weighted by Gasteiger charge is -2.14. The standard InChI is InChI=1S/C24H19ClN4O4S/c1-14-8-10-17(12-19(14)25)28-23(31)18-5-3-4-6-20(18)27-24(28)34-13-22(30)26-16-9-7-15(2)21(11-16)29(32)33/h3-12H,13H2,1-2H3,(H,26,30). The lowest BCUT2D eigenvalue weighted by atomic mass is 10.2. The number of fused-ring (bicyclic) bond motifs is 1. The van der Waals surface area contributed by atoms with E-state index in [1.807, 2.05) is 13.0 Å². The van der Waals surface area contributed by atoms with Gasteiger partial charge in [-0.25, -0.2) is 4.98 Å². The van der Waals surface area contributed by atoms with Crippen molar-refractivity contribution in [3.05, 3.63) is 97.3 Å². The van der Waals surface area contributed by atoms with Crippen LogP contribution in [0.5, 0.6) is 0 Å². The van der Waals surface area contributed by atoms with Crippen LogP contribution in [-0.4, -0.2) is 26.1 Å². The van der Waals surface area contributed by atoms with Gasteiger partial charge in [0.15, 0.2) is 5.16 Å². The second-order valence-corrected chi connectivity index (χ2v) is 8.93. The first kappa shape index (κ1) is 23.5. The molecule has 34 heavy (non-hydrogen) atoms. The van der Waals surface area contributed by atoms with Gasteiger partial charge in [0.1, 0.15) is 0 Å². The fourth-order valence-corrected chi connectivity index (χ4v) is 4.36. The average molecular weight is 495 g/mol. The zero-order valence-electron chi connectivity index (χ0n) is 18.2. The highest BCUT2D eigenvalue weighted by Gasteiger charge is 2.17. The number of hydrogen-bond acceptors (Lipinski definition) is 6. The molecular weight excluding hydrogens is 476 g/mol. The van der Waals surface area contributed by atoms with Crippen molar-refractivity contribution in [3.63, 3.8) is 0 Å². The Hall–Kier alpha value is -3.69. The maximum atomic E-state index is 13.3. The molecule has 4 aromatic rings. The predicted octanol–water partition coefficient (Wildman–Crippen LogP) is 5.29. The SMILES string of the molecule is Cc1ccc(-n2c(SCC(=O)Nc3ccc(C)c([N+](=O)[O-])c3)nc3ccccc3c2=O)cc1Cl. The molecule has 1 amide bonds. The van der Waals surface area contributed by atoms with E-state index in [0.717, 1.165) is 17.3 Å². The van der Waals surface area contributed by atoms with E-state index >= 15 is 0 Å². The quantitative estimate of drug-likeness (QED) is 0.169. The molecule has 0 aliphatic carbocycles. The number of carbonyl (C=O) groups is 1. The number of nitrogens with zero attached hydrogens (tertiary/aromatic N) is 3. The topological polar surface area (TPSA) is 107 Å². The van der Waals surface area contributed by atoms with Crippen LogP contribution in [0.1, 0.15) is 11.1 Å². The van der Waals surface area contributed by atoms with Crippen molar-refractivity contribution in [3.8, 4) is 5.69 Å². The third-order valence-corrected chi connectivity index (χ3v) is 6.53. The summed E-state index contributed by atoms with van der Waals surface area (Å²) in [5, 5.41) is 15.1. The summed E-state index contributed by atoms with van der Waals surface area (Å²) in [4.78, 5) is 41.2. The van der Waals surface area contributed by atoms with Gasteiger partial charge in [-0.3, -0.25) is 24.3 Å². The highest BCUT2D eigenvalue weighted by atomic mass is 35.5. The number of carbonyl (C=O) groups excluding carboxylic acids is 1. The first-order valence-electron chi connectivity index (χ1n) is 10.2. The number of hydrogen-bond donors (Lipinski definition) is 1. The fraction of sp³-hybridized carbons (Fsp3) is 0.125. The molecule has 0 fully saturated rings. The number of nitro benzene ring substituents is 1. The average Bonchev–Trinajstić information content (AvgIpc) is 2.81. The van der Waals surface area contributed by atoms with Gasteiger partial charge in [-0.05, 0) is 49.7 Å². The molecule has 0 radical (unpaired) electrons. The minimum absolute atomic E-state index is 0.0634. The lowest BCUT2D eigenvalue weighted by Crippen LogP contribution is -2.23. The molecule has 0 spiro atoms. The molecule has 0 aliphatic rings. The van der Waals surface area contributed by atoms with Crippen molar-refractivity contribution in [1.82, 2.24) is 9.55 Å². The summed E-state index contributed by atoms with van der Waals surface area (Å²) in [7, 11) is 0. The molecule has 0 atom stereocenters. The molecule has 0 saturated carbocycles. The zero-order chi connectivity index (χ0) is 24.4. The Morgan fingerprint density at radius 2 is 1.85 bits per heavy atom. The Labute approximate surface area is 203 Å². The van der Waals surface area contributed by atoms with E-state index in [2.05, 4.69) is 10.3 Å². The van der Waals surface area contributed by atoms with Crippen LogP contribution in [-0.2, 0) is 4.79 Å².